The molecule has 25 heavy (non-hydrogen) atoms. The molecule has 2 heterocycles. The maximum Gasteiger partial charge on any atom is 0.265 e. The van der Waals surface area contributed by atoms with Gasteiger partial charge in [0.1, 0.15) is 0 Å². The van der Waals surface area contributed by atoms with Crippen LogP contribution in [0.15, 0.2) is 41.8 Å². The first-order valence-electron chi connectivity index (χ1n) is 8.14. The second-order valence-corrected chi connectivity index (χ2v) is 6.73. The molecule has 3 amide bonds. The molecular formula is C18H19N3O3S. The third-order valence-corrected chi connectivity index (χ3v) is 4.86. The summed E-state index contributed by atoms with van der Waals surface area (Å²) in [7, 11) is 0. The van der Waals surface area contributed by atoms with E-state index in [2.05, 4.69) is 10.6 Å². The molecule has 2 N–H and O–H groups in total. The van der Waals surface area contributed by atoms with E-state index in [1.807, 2.05) is 5.38 Å². The third kappa shape index (κ3) is 4.45. The second kappa shape index (κ2) is 7.94. The van der Waals surface area contributed by atoms with E-state index >= 15 is 0 Å². The maximum atomic E-state index is 12.2. The average Bonchev–Trinajstić information content (AvgIpc) is 3.33. The first kappa shape index (κ1) is 17.2. The highest BCUT2D eigenvalue weighted by atomic mass is 32.1. The zero-order valence-corrected chi connectivity index (χ0v) is 14.5. The molecule has 130 valence electrons. The molecule has 6 nitrogen and oxygen atoms in total. The number of benzene rings is 1. The van der Waals surface area contributed by atoms with Crippen molar-refractivity contribution >= 4 is 34.7 Å². The molecule has 1 aliphatic rings. The van der Waals surface area contributed by atoms with Crippen molar-refractivity contribution < 1.29 is 14.4 Å². The number of nitrogens with one attached hydrogen (secondary N) is 2. The molecule has 0 aliphatic carbocycles. The minimum atomic E-state index is -0.334. The van der Waals surface area contributed by atoms with Gasteiger partial charge in [0, 0.05) is 24.3 Å². The predicted octanol–water partition coefficient (Wildman–Crippen LogP) is 2.35. The standard InChI is InChI=1S/C18H19N3O3S/c22-16(21-8-1-2-9-21)12-19-17(23)13-5-3-6-14(11-13)20-18(24)15-7-4-10-25-15/h3-7,10-11H,1-2,8-9,12H2,(H,19,23)(H,20,24). The van der Waals surface area contributed by atoms with E-state index in [-0.39, 0.29) is 24.3 Å². The minimum Gasteiger partial charge on any atom is -0.343 e. The molecule has 0 saturated carbocycles. The monoisotopic (exact) mass is 357 g/mol. The number of thiophene rings is 1. The van der Waals surface area contributed by atoms with Gasteiger partial charge in [0.15, 0.2) is 0 Å². The number of hydrogen-bond donors (Lipinski definition) is 2. The van der Waals surface area contributed by atoms with Crippen LogP contribution in [0, 0.1) is 0 Å². The number of nitrogens with zero attached hydrogens (tertiary/aromatic N) is 1. The molecule has 0 bridgehead atoms. The summed E-state index contributed by atoms with van der Waals surface area (Å²) in [5.74, 6) is -0.607. The largest absolute Gasteiger partial charge is 0.343 e. The topological polar surface area (TPSA) is 78.5 Å². The first-order chi connectivity index (χ1) is 12.1. The van der Waals surface area contributed by atoms with Gasteiger partial charge in [-0.15, -0.1) is 11.3 Å². The van der Waals surface area contributed by atoms with Gasteiger partial charge in [0.25, 0.3) is 11.8 Å². The summed E-state index contributed by atoms with van der Waals surface area (Å²) >= 11 is 1.35. The molecule has 1 fully saturated rings. The van der Waals surface area contributed by atoms with E-state index in [1.54, 1.807) is 41.3 Å². The summed E-state index contributed by atoms with van der Waals surface area (Å²) in [5, 5.41) is 7.24. The van der Waals surface area contributed by atoms with Gasteiger partial charge < -0.3 is 15.5 Å². The zero-order valence-electron chi connectivity index (χ0n) is 13.7. The number of rotatable bonds is 5. The van der Waals surface area contributed by atoms with E-state index in [4.69, 9.17) is 0 Å². The Balaban J connectivity index is 1.57. The SMILES string of the molecule is O=C(NCC(=O)N1CCCC1)c1cccc(NC(=O)c2cccs2)c1. The van der Waals surface area contributed by atoms with Crippen molar-refractivity contribution in [1.29, 1.82) is 0 Å². The van der Waals surface area contributed by atoms with Crippen LogP contribution in [0.4, 0.5) is 5.69 Å². The van der Waals surface area contributed by atoms with Gasteiger partial charge in [0.2, 0.25) is 5.91 Å². The number of carbonyl (C=O) groups is 3. The van der Waals surface area contributed by atoms with Crippen molar-refractivity contribution in [3.63, 3.8) is 0 Å². The smallest absolute Gasteiger partial charge is 0.265 e. The molecule has 0 spiro atoms. The van der Waals surface area contributed by atoms with Gasteiger partial charge >= 0.3 is 0 Å². The fourth-order valence-corrected chi connectivity index (χ4v) is 3.29. The van der Waals surface area contributed by atoms with Crippen LogP contribution in [0.5, 0.6) is 0 Å². The van der Waals surface area contributed by atoms with Crippen LogP contribution >= 0.6 is 11.3 Å². The lowest BCUT2D eigenvalue weighted by Crippen LogP contribution is -2.38. The summed E-state index contributed by atoms with van der Waals surface area (Å²) in [6.45, 7) is 1.52. The molecule has 0 atom stereocenters. The van der Waals surface area contributed by atoms with E-state index in [1.165, 1.54) is 11.3 Å². The predicted molar refractivity (Wildman–Crippen MR) is 96.9 cm³/mol. The Morgan fingerprint density at radius 2 is 1.84 bits per heavy atom. The van der Waals surface area contributed by atoms with Crippen molar-refractivity contribution in [3.05, 3.63) is 52.2 Å². The Labute approximate surface area is 149 Å². The number of carbonyl (C=O) groups excluding carboxylic acids is 3. The van der Waals surface area contributed by atoms with Crippen LogP contribution in [0.25, 0.3) is 0 Å². The lowest BCUT2D eigenvalue weighted by Gasteiger charge is -2.15. The van der Waals surface area contributed by atoms with E-state index < -0.39 is 0 Å². The summed E-state index contributed by atoms with van der Waals surface area (Å²) in [4.78, 5) is 38.7. The van der Waals surface area contributed by atoms with E-state index in [9.17, 15) is 14.4 Å². The Bertz CT molecular complexity index is 768. The summed E-state index contributed by atoms with van der Waals surface area (Å²) in [6.07, 6.45) is 2.04. The Kier molecular flexibility index (Phi) is 5.45. The fraction of sp³-hybridized carbons (Fsp3) is 0.278. The van der Waals surface area contributed by atoms with Crippen LogP contribution in [-0.2, 0) is 4.79 Å². The van der Waals surface area contributed by atoms with Gasteiger partial charge in [-0.1, -0.05) is 12.1 Å². The highest BCUT2D eigenvalue weighted by molar-refractivity contribution is 7.12. The maximum absolute atomic E-state index is 12.2. The molecule has 1 aromatic carbocycles. The summed E-state index contributed by atoms with van der Waals surface area (Å²) in [5.41, 5.74) is 0.940. The van der Waals surface area contributed by atoms with Gasteiger partial charge in [-0.2, -0.15) is 0 Å². The van der Waals surface area contributed by atoms with Crippen molar-refractivity contribution in [2.75, 3.05) is 25.0 Å². The van der Waals surface area contributed by atoms with Gasteiger partial charge in [-0.05, 0) is 42.5 Å². The number of anilines is 1. The number of hydrogen-bond acceptors (Lipinski definition) is 4. The van der Waals surface area contributed by atoms with E-state index in [0.717, 1.165) is 25.9 Å². The van der Waals surface area contributed by atoms with Gasteiger partial charge in [-0.25, -0.2) is 0 Å². The third-order valence-electron chi connectivity index (χ3n) is 3.99. The second-order valence-electron chi connectivity index (χ2n) is 5.78. The molecular weight excluding hydrogens is 338 g/mol. The number of likely N-dealkylation sites (tertiary alicyclic amines) is 1. The molecule has 0 unspecified atom stereocenters. The lowest BCUT2D eigenvalue weighted by atomic mass is 10.2. The molecule has 1 saturated heterocycles. The van der Waals surface area contributed by atoms with Crippen molar-refractivity contribution in [3.8, 4) is 0 Å². The molecule has 0 radical (unpaired) electrons. The van der Waals surface area contributed by atoms with Crippen LogP contribution < -0.4 is 10.6 Å². The van der Waals surface area contributed by atoms with Gasteiger partial charge in [-0.3, -0.25) is 14.4 Å². The average molecular weight is 357 g/mol. The molecule has 1 aromatic heterocycles. The van der Waals surface area contributed by atoms with Crippen molar-refractivity contribution in [2.24, 2.45) is 0 Å². The first-order valence-corrected chi connectivity index (χ1v) is 9.02. The lowest BCUT2D eigenvalue weighted by molar-refractivity contribution is -0.129. The summed E-state index contributed by atoms with van der Waals surface area (Å²) in [6, 6.07) is 10.2. The van der Waals surface area contributed by atoms with Crippen LogP contribution in [-0.4, -0.2) is 42.3 Å². The van der Waals surface area contributed by atoms with Crippen molar-refractivity contribution in [1.82, 2.24) is 10.2 Å². The molecule has 1 aliphatic heterocycles. The van der Waals surface area contributed by atoms with Crippen LogP contribution in [0.1, 0.15) is 32.9 Å². The number of amides is 3. The molecule has 3 rings (SSSR count). The Morgan fingerprint density at radius 1 is 1.04 bits per heavy atom. The Hall–Kier alpha value is -2.67. The quantitative estimate of drug-likeness (QED) is 0.862. The van der Waals surface area contributed by atoms with Gasteiger partial charge in [0.05, 0.1) is 11.4 Å². The van der Waals surface area contributed by atoms with Crippen LogP contribution in [0.3, 0.4) is 0 Å². The Morgan fingerprint density at radius 3 is 2.56 bits per heavy atom. The highest BCUT2D eigenvalue weighted by Crippen LogP contribution is 2.15. The zero-order chi connectivity index (χ0) is 17.6. The normalized spacial score (nSPS) is 13.5. The van der Waals surface area contributed by atoms with Crippen LogP contribution in [0.2, 0.25) is 0 Å². The minimum absolute atomic E-state index is 0.00931. The fourth-order valence-electron chi connectivity index (χ4n) is 2.67. The van der Waals surface area contributed by atoms with Crippen molar-refractivity contribution in [2.45, 2.75) is 12.8 Å². The highest BCUT2D eigenvalue weighted by Gasteiger charge is 2.18. The summed E-state index contributed by atoms with van der Waals surface area (Å²) < 4.78 is 0. The molecule has 7 heteroatoms. The van der Waals surface area contributed by atoms with E-state index in [0.29, 0.717) is 16.1 Å². The molecule has 2 aromatic rings.